The molecule has 11 heteroatoms. The van der Waals surface area contributed by atoms with Gasteiger partial charge in [0.2, 0.25) is 5.91 Å². The summed E-state index contributed by atoms with van der Waals surface area (Å²) in [6.07, 6.45) is 0.681. The molecule has 2 N–H and O–H groups in total. The molecular formula is C18H23Cl2N5O4. The summed E-state index contributed by atoms with van der Waals surface area (Å²) >= 11 is 0. The Bertz CT molecular complexity index is 1030. The van der Waals surface area contributed by atoms with Gasteiger partial charge < -0.3 is 14.8 Å². The third-order valence-electron chi connectivity index (χ3n) is 4.02. The van der Waals surface area contributed by atoms with Crippen molar-refractivity contribution in [2.45, 2.75) is 19.8 Å². The van der Waals surface area contributed by atoms with Crippen molar-refractivity contribution in [2.24, 2.45) is 0 Å². The monoisotopic (exact) mass is 443 g/mol. The number of nitrogens with one attached hydrogen (secondary N) is 2. The van der Waals surface area contributed by atoms with Crippen LogP contribution in [0.5, 0.6) is 11.5 Å². The first-order valence-electron chi connectivity index (χ1n) is 8.43. The van der Waals surface area contributed by atoms with E-state index in [1.807, 2.05) is 18.2 Å². The van der Waals surface area contributed by atoms with Crippen molar-refractivity contribution < 1.29 is 14.3 Å². The number of benzene rings is 1. The fourth-order valence-corrected chi connectivity index (χ4v) is 2.71. The summed E-state index contributed by atoms with van der Waals surface area (Å²) in [5, 5.41) is 5.63. The third kappa shape index (κ3) is 5.85. The van der Waals surface area contributed by atoms with E-state index in [-0.39, 0.29) is 48.5 Å². The van der Waals surface area contributed by atoms with Crippen molar-refractivity contribution in [1.29, 1.82) is 0 Å². The van der Waals surface area contributed by atoms with E-state index in [2.05, 4.69) is 20.4 Å². The highest BCUT2D eigenvalue weighted by Crippen LogP contribution is 2.27. The Kier molecular flexibility index (Phi) is 8.93. The largest absolute Gasteiger partial charge is 0.493 e. The Balaban J connectivity index is 0.00000210. The summed E-state index contributed by atoms with van der Waals surface area (Å²) in [6.45, 7) is 2.18. The lowest BCUT2D eigenvalue weighted by Gasteiger charge is -2.10. The van der Waals surface area contributed by atoms with Gasteiger partial charge in [-0.3, -0.25) is 14.7 Å². The highest BCUT2D eigenvalue weighted by atomic mass is 35.5. The van der Waals surface area contributed by atoms with Gasteiger partial charge in [-0.2, -0.15) is 9.50 Å². The number of halogens is 2. The van der Waals surface area contributed by atoms with Crippen LogP contribution in [0.4, 0.5) is 0 Å². The number of ether oxygens (including phenoxy) is 2. The lowest BCUT2D eigenvalue weighted by Crippen LogP contribution is -2.27. The lowest BCUT2D eigenvalue weighted by atomic mass is 10.1. The van der Waals surface area contributed by atoms with Crippen LogP contribution in [0.2, 0.25) is 0 Å². The van der Waals surface area contributed by atoms with Crippen LogP contribution in [0.25, 0.3) is 5.78 Å². The predicted molar refractivity (Wildman–Crippen MR) is 113 cm³/mol. The lowest BCUT2D eigenvalue weighted by molar-refractivity contribution is -0.120. The zero-order chi connectivity index (χ0) is 19.4. The van der Waals surface area contributed by atoms with Crippen molar-refractivity contribution in [1.82, 2.24) is 24.9 Å². The van der Waals surface area contributed by atoms with E-state index in [0.717, 1.165) is 5.56 Å². The number of H-pyrrole nitrogens is 1. The summed E-state index contributed by atoms with van der Waals surface area (Å²) in [4.78, 5) is 32.3. The number of rotatable bonds is 7. The van der Waals surface area contributed by atoms with Crippen molar-refractivity contribution in [3.63, 3.8) is 0 Å². The van der Waals surface area contributed by atoms with E-state index in [9.17, 15) is 9.59 Å². The number of carbonyl (C=O) groups is 1. The van der Waals surface area contributed by atoms with Crippen LogP contribution >= 0.6 is 24.8 Å². The van der Waals surface area contributed by atoms with Gasteiger partial charge in [0, 0.05) is 18.3 Å². The summed E-state index contributed by atoms with van der Waals surface area (Å²) in [5.41, 5.74) is 1.34. The number of hydrogen-bond donors (Lipinski definition) is 2. The molecule has 0 radical (unpaired) electrons. The van der Waals surface area contributed by atoms with Crippen LogP contribution in [-0.2, 0) is 17.6 Å². The van der Waals surface area contributed by atoms with Crippen molar-refractivity contribution >= 4 is 36.5 Å². The van der Waals surface area contributed by atoms with Crippen LogP contribution in [0, 0.1) is 6.92 Å². The zero-order valence-electron chi connectivity index (χ0n) is 16.2. The van der Waals surface area contributed by atoms with Crippen LogP contribution in [0.3, 0.4) is 0 Å². The number of nitrogens with zero attached hydrogens (tertiary/aromatic N) is 3. The fourth-order valence-electron chi connectivity index (χ4n) is 2.71. The minimum absolute atomic E-state index is 0. The molecule has 3 rings (SSSR count). The van der Waals surface area contributed by atoms with Crippen molar-refractivity contribution in [3.8, 4) is 11.5 Å². The van der Waals surface area contributed by atoms with Gasteiger partial charge >= 0.3 is 0 Å². The Hall–Kier alpha value is -2.78. The summed E-state index contributed by atoms with van der Waals surface area (Å²) in [6, 6.07) is 7.03. The molecule has 2 heterocycles. The molecular weight excluding hydrogens is 421 g/mol. The smallest absolute Gasteiger partial charge is 0.274 e. The second kappa shape index (κ2) is 10.7. The molecule has 1 amide bonds. The van der Waals surface area contributed by atoms with Gasteiger partial charge in [0.1, 0.15) is 5.82 Å². The maximum atomic E-state index is 12.1. The van der Waals surface area contributed by atoms with E-state index in [0.29, 0.717) is 36.0 Å². The molecule has 0 aliphatic heterocycles. The number of aromatic nitrogens is 4. The molecule has 29 heavy (non-hydrogen) atoms. The maximum absolute atomic E-state index is 12.1. The Morgan fingerprint density at radius 2 is 1.86 bits per heavy atom. The molecule has 158 valence electrons. The molecule has 0 aliphatic carbocycles. The molecule has 0 aliphatic rings. The maximum Gasteiger partial charge on any atom is 0.274 e. The predicted octanol–water partition coefficient (Wildman–Crippen LogP) is 1.49. The van der Waals surface area contributed by atoms with Gasteiger partial charge in [0.15, 0.2) is 11.5 Å². The number of carbonyl (C=O) groups excluding carboxylic acids is 1. The van der Waals surface area contributed by atoms with Crippen LogP contribution in [0.1, 0.15) is 17.1 Å². The number of aromatic amines is 1. The average Bonchev–Trinajstić information content (AvgIpc) is 3.04. The topological polar surface area (TPSA) is 111 Å². The fraction of sp³-hybridized carbons (Fsp3) is 0.333. The van der Waals surface area contributed by atoms with Gasteiger partial charge in [-0.15, -0.1) is 24.8 Å². The molecule has 3 aromatic rings. The van der Waals surface area contributed by atoms with Crippen molar-refractivity contribution in [3.05, 3.63) is 51.7 Å². The molecule has 9 nitrogen and oxygen atoms in total. The van der Waals surface area contributed by atoms with Gasteiger partial charge in [0.05, 0.1) is 20.6 Å². The van der Waals surface area contributed by atoms with E-state index in [1.165, 1.54) is 10.6 Å². The van der Waals surface area contributed by atoms with E-state index in [1.54, 1.807) is 21.1 Å². The molecule has 0 atom stereocenters. The Labute approximate surface area is 179 Å². The first-order chi connectivity index (χ1) is 13.0. The van der Waals surface area contributed by atoms with Crippen molar-refractivity contribution in [2.75, 3.05) is 20.8 Å². The van der Waals surface area contributed by atoms with Crippen LogP contribution < -0.4 is 20.3 Å². The summed E-state index contributed by atoms with van der Waals surface area (Å²) < 4.78 is 11.7. The number of methoxy groups -OCH3 is 2. The van der Waals surface area contributed by atoms with E-state index >= 15 is 0 Å². The first kappa shape index (κ1) is 24.3. The van der Waals surface area contributed by atoms with E-state index < -0.39 is 0 Å². The average molecular weight is 444 g/mol. The first-order valence-corrected chi connectivity index (χ1v) is 8.43. The molecule has 2 aromatic heterocycles. The van der Waals surface area contributed by atoms with Gasteiger partial charge in [-0.25, -0.2) is 4.98 Å². The number of aryl methyl sites for hydroxylation is 1. The Morgan fingerprint density at radius 3 is 2.55 bits per heavy atom. The van der Waals surface area contributed by atoms with E-state index in [4.69, 9.17) is 9.47 Å². The second-order valence-electron chi connectivity index (χ2n) is 6.01. The number of hydrogen-bond acceptors (Lipinski definition) is 6. The van der Waals surface area contributed by atoms with Gasteiger partial charge in [-0.1, -0.05) is 6.07 Å². The summed E-state index contributed by atoms with van der Waals surface area (Å²) in [7, 11) is 3.17. The molecule has 0 spiro atoms. The zero-order valence-corrected chi connectivity index (χ0v) is 17.9. The standard InChI is InChI=1S/C18H21N5O4.2ClH/c1-11-8-17(25)23-18(20-11)21-15(22-23)10-16(24)19-7-6-12-4-5-13(26-2)14(9-12)27-3;;/h4-5,8-9H,6-7,10H2,1-3H3,(H,19,24)(H,20,21,22);2*1H. The molecule has 0 bridgehead atoms. The molecule has 0 fully saturated rings. The molecule has 1 aromatic carbocycles. The minimum atomic E-state index is -0.259. The highest BCUT2D eigenvalue weighted by molar-refractivity contribution is 5.85. The second-order valence-corrected chi connectivity index (χ2v) is 6.01. The normalized spacial score (nSPS) is 10.0. The molecule has 0 saturated heterocycles. The number of fused-ring (bicyclic) bond motifs is 1. The number of amides is 1. The van der Waals surface area contributed by atoms with Gasteiger partial charge in [-0.05, 0) is 31.0 Å². The SMILES string of the molecule is COc1ccc(CCNC(=O)Cc2nc3nc(C)cc(=O)n3[nH]2)cc1OC.Cl.Cl. The molecule has 0 unspecified atom stereocenters. The Morgan fingerprint density at radius 1 is 1.14 bits per heavy atom. The third-order valence-corrected chi connectivity index (χ3v) is 4.02. The van der Waals surface area contributed by atoms with Gasteiger partial charge in [0.25, 0.3) is 11.3 Å². The quantitative estimate of drug-likeness (QED) is 0.572. The highest BCUT2D eigenvalue weighted by Gasteiger charge is 2.11. The summed E-state index contributed by atoms with van der Waals surface area (Å²) in [5.74, 6) is 1.76. The molecule has 0 saturated carbocycles. The minimum Gasteiger partial charge on any atom is -0.493 e. The van der Waals surface area contributed by atoms with Crippen LogP contribution in [0.15, 0.2) is 29.1 Å². The van der Waals surface area contributed by atoms with Crippen LogP contribution in [-0.4, -0.2) is 46.3 Å².